The minimum absolute atomic E-state index is 0.0805. The summed E-state index contributed by atoms with van der Waals surface area (Å²) in [5.74, 6) is -0.149. The number of aromatic nitrogens is 1. The Labute approximate surface area is 108 Å². The van der Waals surface area contributed by atoms with E-state index in [0.29, 0.717) is 10.6 Å². The molecule has 0 spiro atoms. The predicted molar refractivity (Wildman–Crippen MR) is 66.0 cm³/mol. The molecule has 0 saturated carbocycles. The van der Waals surface area contributed by atoms with Gasteiger partial charge in [0.05, 0.1) is 5.56 Å². The fourth-order valence-corrected chi connectivity index (χ4v) is 2.19. The molecule has 90 valence electrons. The number of carbonyl (C=O) groups is 1. The van der Waals surface area contributed by atoms with Crippen LogP contribution in [0.4, 0.5) is 5.00 Å². The highest BCUT2D eigenvalue weighted by Crippen LogP contribution is 2.21. The molecule has 0 bridgehead atoms. The summed E-state index contributed by atoms with van der Waals surface area (Å²) < 4.78 is 1.56. The van der Waals surface area contributed by atoms with Gasteiger partial charge in [0.25, 0.3) is 5.91 Å². The van der Waals surface area contributed by atoms with Gasteiger partial charge < -0.3 is 10.4 Å². The molecular formula is C12H10N3O2S+. The van der Waals surface area contributed by atoms with Crippen LogP contribution in [0.5, 0.6) is 5.75 Å². The van der Waals surface area contributed by atoms with Gasteiger partial charge in [-0.2, -0.15) is 9.83 Å². The topological polar surface area (TPSA) is 77.0 Å². The number of nitriles is 1. The Hall–Kier alpha value is -2.39. The molecular weight excluding hydrogens is 250 g/mol. The van der Waals surface area contributed by atoms with Crippen LogP contribution in [0.1, 0.15) is 5.56 Å². The lowest BCUT2D eigenvalue weighted by Gasteiger charge is -2.00. The average Bonchev–Trinajstić information content (AvgIpc) is 2.76. The summed E-state index contributed by atoms with van der Waals surface area (Å²) in [5, 5.41) is 23.0. The first-order valence-corrected chi connectivity index (χ1v) is 6.02. The van der Waals surface area contributed by atoms with Crippen LogP contribution in [0, 0.1) is 11.3 Å². The SMILES string of the molecule is N#Cc1ccsc1NC(=O)C[n+]1cccc(O)c1. The standard InChI is InChI=1S/C12H9N3O2S/c13-6-9-3-5-18-12(9)14-11(17)8-15-4-1-2-10(16)7-15/h1-5,7H,8H2,(H-,14,16,17)/p+1. The number of aromatic hydroxyl groups is 1. The molecule has 0 radical (unpaired) electrons. The number of rotatable bonds is 3. The molecule has 0 unspecified atom stereocenters. The van der Waals surface area contributed by atoms with Crippen LogP contribution in [-0.2, 0) is 11.3 Å². The number of carbonyl (C=O) groups excluding carboxylic acids is 1. The van der Waals surface area contributed by atoms with Crippen molar-refractivity contribution in [1.82, 2.24) is 0 Å². The summed E-state index contributed by atoms with van der Waals surface area (Å²) in [7, 11) is 0. The molecule has 2 N–H and O–H groups in total. The van der Waals surface area contributed by atoms with Crippen LogP contribution in [0.2, 0.25) is 0 Å². The molecule has 0 aliphatic rings. The molecule has 0 atom stereocenters. The molecule has 0 aliphatic carbocycles. The van der Waals surface area contributed by atoms with E-state index in [2.05, 4.69) is 5.32 Å². The van der Waals surface area contributed by atoms with Crippen molar-refractivity contribution < 1.29 is 14.5 Å². The third-order valence-electron chi connectivity index (χ3n) is 2.21. The van der Waals surface area contributed by atoms with Crippen LogP contribution >= 0.6 is 11.3 Å². The summed E-state index contributed by atoms with van der Waals surface area (Å²) in [6.07, 6.45) is 3.14. The molecule has 2 aromatic heterocycles. The smallest absolute Gasteiger partial charge is 0.290 e. The minimum atomic E-state index is -0.246. The van der Waals surface area contributed by atoms with Gasteiger partial charge in [0.2, 0.25) is 12.7 Å². The zero-order valence-electron chi connectivity index (χ0n) is 9.33. The van der Waals surface area contributed by atoms with Crippen molar-refractivity contribution >= 4 is 22.2 Å². The van der Waals surface area contributed by atoms with Gasteiger partial charge in [0.1, 0.15) is 11.1 Å². The van der Waals surface area contributed by atoms with Crippen molar-refractivity contribution in [3.05, 3.63) is 41.5 Å². The summed E-state index contributed by atoms with van der Waals surface area (Å²) in [4.78, 5) is 11.7. The number of amides is 1. The highest BCUT2D eigenvalue weighted by Gasteiger charge is 2.12. The maximum Gasteiger partial charge on any atom is 0.290 e. The van der Waals surface area contributed by atoms with E-state index in [-0.39, 0.29) is 18.2 Å². The minimum Gasteiger partial charge on any atom is -0.503 e. The number of thiophene rings is 1. The fourth-order valence-electron chi connectivity index (χ4n) is 1.43. The molecule has 2 heterocycles. The molecule has 0 saturated heterocycles. The van der Waals surface area contributed by atoms with Gasteiger partial charge in [-0.1, -0.05) is 0 Å². The van der Waals surface area contributed by atoms with Gasteiger partial charge in [0.15, 0.2) is 11.9 Å². The van der Waals surface area contributed by atoms with Crippen LogP contribution in [0.15, 0.2) is 36.0 Å². The molecule has 2 aromatic rings. The first-order chi connectivity index (χ1) is 8.69. The molecule has 5 nitrogen and oxygen atoms in total. The normalized spacial score (nSPS) is 9.72. The Morgan fingerprint density at radius 2 is 2.39 bits per heavy atom. The lowest BCUT2D eigenvalue weighted by atomic mass is 10.3. The number of hydrogen-bond acceptors (Lipinski definition) is 4. The zero-order chi connectivity index (χ0) is 13.0. The summed E-state index contributed by atoms with van der Waals surface area (Å²) in [6.45, 7) is 0.0805. The monoisotopic (exact) mass is 260 g/mol. The Balaban J connectivity index is 2.04. The summed E-state index contributed by atoms with van der Waals surface area (Å²) in [6, 6.07) is 6.83. The van der Waals surface area contributed by atoms with Crippen molar-refractivity contribution in [2.45, 2.75) is 6.54 Å². The second-order valence-electron chi connectivity index (χ2n) is 3.56. The molecule has 0 aromatic carbocycles. The highest BCUT2D eigenvalue weighted by atomic mass is 32.1. The van der Waals surface area contributed by atoms with E-state index in [1.807, 2.05) is 6.07 Å². The van der Waals surface area contributed by atoms with E-state index in [4.69, 9.17) is 5.26 Å². The Kier molecular flexibility index (Phi) is 3.55. The van der Waals surface area contributed by atoms with Crippen molar-refractivity contribution in [2.75, 3.05) is 5.32 Å². The van der Waals surface area contributed by atoms with Crippen molar-refractivity contribution in [3.8, 4) is 11.8 Å². The van der Waals surface area contributed by atoms with Gasteiger partial charge >= 0.3 is 0 Å². The van der Waals surface area contributed by atoms with Gasteiger partial charge in [-0.25, -0.2) is 0 Å². The van der Waals surface area contributed by atoms with Gasteiger partial charge in [-0.05, 0) is 17.5 Å². The number of nitrogens with zero attached hydrogens (tertiary/aromatic N) is 2. The quantitative estimate of drug-likeness (QED) is 0.815. The van der Waals surface area contributed by atoms with E-state index in [0.717, 1.165) is 0 Å². The van der Waals surface area contributed by atoms with Crippen LogP contribution in [0.25, 0.3) is 0 Å². The van der Waals surface area contributed by atoms with Crippen molar-refractivity contribution in [1.29, 1.82) is 5.26 Å². The van der Waals surface area contributed by atoms with Crippen LogP contribution in [-0.4, -0.2) is 11.0 Å². The number of anilines is 1. The maximum absolute atomic E-state index is 11.7. The molecule has 6 heteroatoms. The van der Waals surface area contributed by atoms with Gasteiger partial charge in [-0.15, -0.1) is 11.3 Å². The Bertz CT molecular complexity index is 616. The Morgan fingerprint density at radius 3 is 3.11 bits per heavy atom. The first kappa shape index (κ1) is 12.1. The molecule has 0 aliphatic heterocycles. The second kappa shape index (κ2) is 5.29. The van der Waals surface area contributed by atoms with Crippen LogP contribution < -0.4 is 9.88 Å². The fraction of sp³-hybridized carbons (Fsp3) is 0.0833. The summed E-state index contributed by atoms with van der Waals surface area (Å²) in [5.41, 5.74) is 0.453. The predicted octanol–water partition coefficient (Wildman–Crippen LogP) is 1.25. The summed E-state index contributed by atoms with van der Waals surface area (Å²) >= 11 is 1.30. The first-order valence-electron chi connectivity index (χ1n) is 5.14. The number of pyridine rings is 1. The lowest BCUT2D eigenvalue weighted by molar-refractivity contribution is -0.684. The third kappa shape index (κ3) is 2.84. The lowest BCUT2D eigenvalue weighted by Crippen LogP contribution is -2.39. The van der Waals surface area contributed by atoms with Crippen LogP contribution in [0.3, 0.4) is 0 Å². The van der Waals surface area contributed by atoms with Gasteiger partial charge in [0, 0.05) is 6.07 Å². The van der Waals surface area contributed by atoms with E-state index in [1.54, 1.807) is 28.3 Å². The van der Waals surface area contributed by atoms with E-state index in [9.17, 15) is 9.90 Å². The van der Waals surface area contributed by atoms with E-state index in [1.165, 1.54) is 23.6 Å². The zero-order valence-corrected chi connectivity index (χ0v) is 10.1. The van der Waals surface area contributed by atoms with Gasteiger partial charge in [-0.3, -0.25) is 4.79 Å². The Morgan fingerprint density at radius 1 is 1.56 bits per heavy atom. The number of nitrogens with one attached hydrogen (secondary N) is 1. The van der Waals surface area contributed by atoms with E-state index < -0.39 is 0 Å². The van der Waals surface area contributed by atoms with Crippen molar-refractivity contribution in [3.63, 3.8) is 0 Å². The number of hydrogen-bond donors (Lipinski definition) is 2. The average molecular weight is 260 g/mol. The van der Waals surface area contributed by atoms with E-state index >= 15 is 0 Å². The second-order valence-corrected chi connectivity index (χ2v) is 4.47. The molecule has 18 heavy (non-hydrogen) atoms. The third-order valence-corrected chi connectivity index (χ3v) is 3.04. The maximum atomic E-state index is 11.7. The largest absolute Gasteiger partial charge is 0.503 e. The van der Waals surface area contributed by atoms with Crippen molar-refractivity contribution in [2.24, 2.45) is 0 Å². The molecule has 0 fully saturated rings. The molecule has 2 rings (SSSR count). The highest BCUT2D eigenvalue weighted by molar-refractivity contribution is 7.14. The molecule has 1 amide bonds.